The number of nitrogens with zero attached hydrogens (tertiary/aromatic N) is 3. The quantitative estimate of drug-likeness (QED) is 0.783. The van der Waals surface area contributed by atoms with Crippen LogP contribution in [0.4, 0.5) is 4.79 Å². The van der Waals surface area contributed by atoms with Gasteiger partial charge in [0.25, 0.3) is 5.91 Å². The van der Waals surface area contributed by atoms with Gasteiger partial charge in [-0.15, -0.1) is 0 Å². The van der Waals surface area contributed by atoms with Gasteiger partial charge >= 0.3 is 6.03 Å². The maximum atomic E-state index is 13.3. The summed E-state index contributed by atoms with van der Waals surface area (Å²) in [5.41, 5.74) is 0.551. The molecule has 1 N–H and O–H groups in total. The van der Waals surface area contributed by atoms with Crippen LogP contribution in [0.2, 0.25) is 0 Å². The lowest BCUT2D eigenvalue weighted by Crippen LogP contribution is -2.56. The molecule has 29 heavy (non-hydrogen) atoms. The van der Waals surface area contributed by atoms with E-state index in [1.165, 1.54) is 10.5 Å². The minimum Gasteiger partial charge on any atom is -0.341 e. The highest BCUT2D eigenvalue weighted by molar-refractivity contribution is 6.07. The van der Waals surface area contributed by atoms with Gasteiger partial charge in [0.15, 0.2) is 0 Å². The van der Waals surface area contributed by atoms with Gasteiger partial charge in [-0.05, 0) is 37.7 Å². The van der Waals surface area contributed by atoms with E-state index in [1.54, 1.807) is 11.8 Å². The second kappa shape index (κ2) is 8.14. The lowest BCUT2D eigenvalue weighted by atomic mass is 9.87. The number of benzene rings is 1. The van der Waals surface area contributed by atoms with E-state index in [4.69, 9.17) is 0 Å². The highest BCUT2D eigenvalue weighted by Gasteiger charge is 2.54. The molecule has 0 aliphatic carbocycles. The predicted octanol–water partition coefficient (Wildman–Crippen LogP) is 1.63. The number of carbonyl (C=O) groups is 3. The second-order valence-corrected chi connectivity index (χ2v) is 8.53. The predicted molar refractivity (Wildman–Crippen MR) is 109 cm³/mol. The van der Waals surface area contributed by atoms with Gasteiger partial charge in [0.05, 0.1) is 6.04 Å². The van der Waals surface area contributed by atoms with Crippen molar-refractivity contribution < 1.29 is 14.4 Å². The molecule has 3 aliphatic rings. The van der Waals surface area contributed by atoms with Gasteiger partial charge in [-0.1, -0.05) is 30.3 Å². The lowest BCUT2D eigenvalue weighted by Gasteiger charge is -2.39. The summed E-state index contributed by atoms with van der Waals surface area (Å²) >= 11 is 0. The zero-order chi connectivity index (χ0) is 20.4. The lowest BCUT2D eigenvalue weighted by molar-refractivity contribution is -0.138. The maximum absolute atomic E-state index is 13.3. The van der Waals surface area contributed by atoms with E-state index in [9.17, 15) is 14.4 Å². The van der Waals surface area contributed by atoms with Crippen LogP contribution in [0.25, 0.3) is 0 Å². The molecule has 1 unspecified atom stereocenters. The number of imide groups is 1. The molecule has 1 aromatic rings. The number of nitrogens with one attached hydrogen (secondary N) is 1. The second-order valence-electron chi connectivity index (χ2n) is 8.53. The fraction of sp³-hybridized carbons (Fsp3) is 0.591. The number of piperidine rings is 2. The van der Waals surface area contributed by atoms with Gasteiger partial charge in [0, 0.05) is 39.6 Å². The third-order valence-electron chi connectivity index (χ3n) is 6.67. The molecule has 1 aromatic carbocycles. The number of rotatable bonds is 4. The minimum absolute atomic E-state index is 0.00296. The van der Waals surface area contributed by atoms with E-state index in [-0.39, 0.29) is 23.9 Å². The van der Waals surface area contributed by atoms with Crippen molar-refractivity contribution in [3.05, 3.63) is 35.9 Å². The van der Waals surface area contributed by atoms with Crippen LogP contribution in [-0.4, -0.2) is 76.8 Å². The Labute approximate surface area is 172 Å². The molecular weight excluding hydrogens is 368 g/mol. The van der Waals surface area contributed by atoms with E-state index >= 15 is 0 Å². The third kappa shape index (κ3) is 4.01. The van der Waals surface area contributed by atoms with Crippen molar-refractivity contribution in [1.29, 1.82) is 0 Å². The van der Waals surface area contributed by atoms with Crippen LogP contribution in [0.3, 0.4) is 0 Å². The summed E-state index contributed by atoms with van der Waals surface area (Å²) in [4.78, 5) is 43.2. The Bertz CT molecular complexity index is 774. The normalized spacial score (nSPS) is 24.8. The van der Waals surface area contributed by atoms with Crippen LogP contribution < -0.4 is 5.32 Å². The number of urea groups is 1. The summed E-state index contributed by atoms with van der Waals surface area (Å²) < 4.78 is 0. The summed E-state index contributed by atoms with van der Waals surface area (Å²) in [6.07, 6.45) is 3.87. The van der Waals surface area contributed by atoms with Crippen molar-refractivity contribution in [3.8, 4) is 0 Å². The zero-order valence-electron chi connectivity index (χ0n) is 17.1. The molecule has 1 atom stereocenters. The first-order valence-corrected chi connectivity index (χ1v) is 10.7. The molecule has 4 rings (SSSR count). The van der Waals surface area contributed by atoms with Crippen LogP contribution in [0.5, 0.6) is 0 Å². The van der Waals surface area contributed by atoms with Crippen LogP contribution >= 0.6 is 0 Å². The van der Waals surface area contributed by atoms with E-state index in [1.807, 2.05) is 6.07 Å². The largest absolute Gasteiger partial charge is 0.341 e. The van der Waals surface area contributed by atoms with Gasteiger partial charge in [-0.2, -0.15) is 0 Å². The molecule has 7 heteroatoms. The van der Waals surface area contributed by atoms with Gasteiger partial charge in [-0.3, -0.25) is 14.5 Å². The zero-order valence-corrected chi connectivity index (χ0v) is 17.1. The molecule has 0 saturated carbocycles. The van der Waals surface area contributed by atoms with Crippen molar-refractivity contribution in [2.24, 2.45) is 0 Å². The Morgan fingerprint density at radius 3 is 2.55 bits per heavy atom. The molecule has 3 aliphatic heterocycles. The number of amides is 4. The van der Waals surface area contributed by atoms with Crippen molar-refractivity contribution in [2.45, 2.75) is 50.6 Å². The summed E-state index contributed by atoms with van der Waals surface area (Å²) in [5, 5.41) is 3.01. The molecule has 156 valence electrons. The van der Waals surface area contributed by atoms with Crippen LogP contribution in [0.15, 0.2) is 30.3 Å². The molecule has 0 aromatic heterocycles. The first-order valence-electron chi connectivity index (χ1n) is 10.7. The SMILES string of the molecule is CC(=O)N1CCCC(N2C(=O)NC3(CCN(CCc4ccccc4)CC3)C2=O)C1. The smallest absolute Gasteiger partial charge is 0.325 e. The highest BCUT2D eigenvalue weighted by atomic mass is 16.2. The molecular formula is C22H30N4O3. The fourth-order valence-corrected chi connectivity index (χ4v) is 4.85. The third-order valence-corrected chi connectivity index (χ3v) is 6.67. The summed E-state index contributed by atoms with van der Waals surface area (Å²) in [5.74, 6) is -0.0937. The molecule has 4 amide bonds. The topological polar surface area (TPSA) is 73.0 Å². The average molecular weight is 399 g/mol. The Morgan fingerprint density at radius 1 is 1.14 bits per heavy atom. The fourth-order valence-electron chi connectivity index (χ4n) is 4.85. The minimum atomic E-state index is -0.765. The van der Waals surface area contributed by atoms with Gasteiger partial charge in [0.1, 0.15) is 5.54 Å². The molecule has 3 fully saturated rings. The van der Waals surface area contributed by atoms with Crippen molar-refractivity contribution in [1.82, 2.24) is 20.0 Å². The molecule has 1 spiro atoms. The van der Waals surface area contributed by atoms with Gasteiger partial charge in [0.2, 0.25) is 5.91 Å². The Morgan fingerprint density at radius 2 is 1.86 bits per heavy atom. The Balaban J connectivity index is 1.35. The number of hydrogen-bond donors (Lipinski definition) is 1. The Kier molecular flexibility index (Phi) is 5.58. The van der Waals surface area contributed by atoms with Crippen molar-refractivity contribution >= 4 is 17.8 Å². The molecule has 0 bridgehead atoms. The summed E-state index contributed by atoms with van der Waals surface area (Å²) in [6.45, 7) is 5.27. The molecule has 0 radical (unpaired) electrons. The van der Waals surface area contributed by atoms with Crippen molar-refractivity contribution in [3.63, 3.8) is 0 Å². The van der Waals surface area contributed by atoms with Gasteiger partial charge < -0.3 is 15.1 Å². The first-order chi connectivity index (χ1) is 14.0. The van der Waals surface area contributed by atoms with Crippen molar-refractivity contribution in [2.75, 3.05) is 32.7 Å². The van der Waals surface area contributed by atoms with Crippen LogP contribution in [0.1, 0.15) is 38.2 Å². The molecule has 3 heterocycles. The Hall–Kier alpha value is -2.41. The molecule has 7 nitrogen and oxygen atoms in total. The molecule has 3 saturated heterocycles. The number of carbonyl (C=O) groups excluding carboxylic acids is 3. The maximum Gasteiger partial charge on any atom is 0.325 e. The van der Waals surface area contributed by atoms with E-state index in [2.05, 4.69) is 34.5 Å². The first kappa shape index (κ1) is 19.9. The standard InChI is InChI=1S/C22H30N4O3/c1-17(27)25-12-5-8-19(16-25)26-20(28)22(23-21(26)29)10-14-24(15-11-22)13-9-18-6-3-2-4-7-18/h2-4,6-7,19H,5,8-16H2,1H3,(H,23,29). The van der Waals surface area contributed by atoms with E-state index in [0.29, 0.717) is 25.9 Å². The van der Waals surface area contributed by atoms with Crippen LogP contribution in [-0.2, 0) is 16.0 Å². The van der Waals surface area contributed by atoms with E-state index in [0.717, 1.165) is 38.9 Å². The summed E-state index contributed by atoms with van der Waals surface area (Å²) in [6, 6.07) is 9.91. The average Bonchev–Trinajstić information content (AvgIpc) is 2.98. The van der Waals surface area contributed by atoms with E-state index < -0.39 is 5.54 Å². The number of likely N-dealkylation sites (tertiary alicyclic amines) is 2. The monoisotopic (exact) mass is 398 g/mol. The number of hydrogen-bond acceptors (Lipinski definition) is 4. The summed E-state index contributed by atoms with van der Waals surface area (Å²) in [7, 11) is 0. The van der Waals surface area contributed by atoms with Crippen LogP contribution in [0, 0.1) is 0 Å². The highest BCUT2D eigenvalue weighted by Crippen LogP contribution is 2.32. The van der Waals surface area contributed by atoms with Gasteiger partial charge in [-0.25, -0.2) is 4.79 Å².